The third-order valence-electron chi connectivity index (χ3n) is 5.23. The third-order valence-corrected chi connectivity index (χ3v) is 8.03. The van der Waals surface area contributed by atoms with Gasteiger partial charge in [-0.05, 0) is 30.3 Å². The van der Waals surface area contributed by atoms with Crippen LogP contribution in [0.1, 0.15) is 27.1 Å². The Morgan fingerprint density at radius 1 is 0.897 bits per heavy atom. The van der Waals surface area contributed by atoms with E-state index in [0.29, 0.717) is 16.3 Å². The van der Waals surface area contributed by atoms with Gasteiger partial charge in [0, 0.05) is 10.6 Å². The number of halogens is 4. The molecule has 0 unspecified atom stereocenters. The number of nitrogens with one attached hydrogen (secondary N) is 2. The highest BCUT2D eigenvalue weighted by atomic mass is 35.5. The number of carboxylic acids is 1. The van der Waals surface area contributed by atoms with Gasteiger partial charge in [-0.25, -0.2) is 4.79 Å². The van der Waals surface area contributed by atoms with Crippen molar-refractivity contribution in [3.63, 3.8) is 0 Å². The van der Waals surface area contributed by atoms with Crippen LogP contribution in [-0.4, -0.2) is 40.4 Å². The van der Waals surface area contributed by atoms with Gasteiger partial charge < -0.3 is 15.7 Å². The number of amides is 3. The summed E-state index contributed by atoms with van der Waals surface area (Å²) in [5, 5.41) is 18.9. The molecule has 3 amide bonds. The molecule has 1 heterocycles. The van der Waals surface area contributed by atoms with Crippen molar-refractivity contribution in [1.29, 1.82) is 0 Å². The van der Waals surface area contributed by atoms with Gasteiger partial charge in [0.2, 0.25) is 5.91 Å². The number of hydrogen-bond acceptors (Lipinski definition) is 6. The van der Waals surface area contributed by atoms with Crippen molar-refractivity contribution >= 4 is 99.1 Å². The molecule has 0 spiro atoms. The van der Waals surface area contributed by atoms with E-state index >= 15 is 0 Å². The number of carbonyl (C=O) groups is 4. The van der Waals surface area contributed by atoms with Crippen molar-refractivity contribution in [2.75, 3.05) is 16.1 Å². The zero-order valence-electron chi connectivity index (χ0n) is 19.5. The molecule has 3 aromatic rings. The molecule has 4 rings (SSSR count). The number of anilines is 2. The molecule has 0 atom stereocenters. The second kappa shape index (κ2) is 12.3. The first-order valence-electron chi connectivity index (χ1n) is 11.0. The standard InChI is InChI=1S/C25H16Cl4N4O5S/c26-20-18(19(25(37)38)21(27)23(29)22(20)28)24(36)30-12-5-4-8-14(9-12)39-11-16(34)31-15-10-17(35)33(32-15)13-6-2-1-3-7-13/h1-9H,10-11H2,(H,30,36)(H,37,38)(H,31,32,34). The van der Waals surface area contributed by atoms with Crippen LogP contribution in [-0.2, 0) is 9.59 Å². The number of hydrazone groups is 1. The Balaban J connectivity index is 1.41. The second-order valence-corrected chi connectivity index (χ2v) is 10.5. The maximum Gasteiger partial charge on any atom is 0.338 e. The zero-order valence-corrected chi connectivity index (χ0v) is 23.3. The monoisotopic (exact) mass is 624 g/mol. The summed E-state index contributed by atoms with van der Waals surface area (Å²) >= 11 is 25.3. The van der Waals surface area contributed by atoms with Gasteiger partial charge in [0.1, 0.15) is 5.84 Å². The fraction of sp³-hybridized carbons (Fsp3) is 0.0800. The van der Waals surface area contributed by atoms with E-state index in [2.05, 4.69) is 15.7 Å². The van der Waals surface area contributed by atoms with E-state index in [0.717, 1.165) is 0 Å². The molecule has 0 radical (unpaired) electrons. The zero-order chi connectivity index (χ0) is 28.3. The first kappa shape index (κ1) is 28.7. The summed E-state index contributed by atoms with van der Waals surface area (Å²) in [7, 11) is 0. The van der Waals surface area contributed by atoms with E-state index < -0.39 is 28.0 Å². The molecule has 0 saturated heterocycles. The Hall–Kier alpha value is -3.28. The maximum atomic E-state index is 13.0. The quantitative estimate of drug-likeness (QED) is 0.163. The molecule has 1 aliphatic heterocycles. The lowest BCUT2D eigenvalue weighted by Crippen LogP contribution is -2.31. The Kier molecular flexibility index (Phi) is 9.04. The van der Waals surface area contributed by atoms with E-state index in [4.69, 9.17) is 46.4 Å². The van der Waals surface area contributed by atoms with Crippen molar-refractivity contribution in [3.8, 4) is 0 Å². The molecule has 1 aliphatic rings. The van der Waals surface area contributed by atoms with Gasteiger partial charge in [-0.3, -0.25) is 14.4 Å². The molecule has 14 heteroatoms. The summed E-state index contributed by atoms with van der Waals surface area (Å²) in [6, 6.07) is 15.3. The van der Waals surface area contributed by atoms with Crippen LogP contribution in [0.15, 0.2) is 64.6 Å². The minimum Gasteiger partial charge on any atom is -0.478 e. The summed E-state index contributed by atoms with van der Waals surface area (Å²) in [5.74, 6) is -2.79. The van der Waals surface area contributed by atoms with E-state index in [-0.39, 0.29) is 44.9 Å². The average molecular weight is 626 g/mol. The molecule has 3 aromatic carbocycles. The molecular formula is C25H16Cl4N4O5S. The van der Waals surface area contributed by atoms with Crippen LogP contribution in [0.2, 0.25) is 20.1 Å². The molecule has 3 N–H and O–H groups in total. The highest BCUT2D eigenvalue weighted by Crippen LogP contribution is 2.42. The summed E-state index contributed by atoms with van der Waals surface area (Å²) in [4.78, 5) is 50.1. The Morgan fingerprint density at radius 2 is 1.56 bits per heavy atom. The molecule has 0 aromatic heterocycles. The summed E-state index contributed by atoms with van der Waals surface area (Å²) in [6.45, 7) is 0. The first-order valence-corrected chi connectivity index (χ1v) is 13.4. The topological polar surface area (TPSA) is 128 Å². The van der Waals surface area contributed by atoms with Crippen molar-refractivity contribution < 1.29 is 24.3 Å². The van der Waals surface area contributed by atoms with E-state index in [1.54, 1.807) is 48.5 Å². The highest BCUT2D eigenvalue weighted by Gasteiger charge is 2.29. The lowest BCUT2D eigenvalue weighted by Gasteiger charge is -2.14. The van der Waals surface area contributed by atoms with Gasteiger partial charge in [-0.1, -0.05) is 70.7 Å². The lowest BCUT2D eigenvalue weighted by molar-refractivity contribution is -0.117. The number of amidine groups is 1. The number of para-hydroxylation sites is 1. The average Bonchev–Trinajstić information content (AvgIpc) is 3.28. The number of aromatic carboxylic acids is 1. The van der Waals surface area contributed by atoms with Gasteiger partial charge in [0.15, 0.2) is 0 Å². The van der Waals surface area contributed by atoms with E-state index in [1.807, 2.05) is 6.07 Å². The number of carbonyl (C=O) groups excluding carboxylic acids is 3. The van der Waals surface area contributed by atoms with Gasteiger partial charge in [0.25, 0.3) is 11.8 Å². The normalized spacial score (nSPS) is 12.8. The molecule has 200 valence electrons. The minimum absolute atomic E-state index is 0.00661. The molecule has 0 saturated carbocycles. The second-order valence-electron chi connectivity index (χ2n) is 7.89. The predicted molar refractivity (Wildman–Crippen MR) is 153 cm³/mol. The number of rotatable bonds is 7. The summed E-state index contributed by atoms with van der Waals surface area (Å²) < 4.78 is 0. The number of benzene rings is 3. The van der Waals surface area contributed by atoms with Crippen LogP contribution in [0.4, 0.5) is 11.4 Å². The van der Waals surface area contributed by atoms with Crippen molar-refractivity contribution in [3.05, 3.63) is 85.8 Å². The summed E-state index contributed by atoms with van der Waals surface area (Å²) in [5.41, 5.74) is -0.142. The fourth-order valence-corrected chi connectivity index (χ4v) is 5.29. The Labute approximate surface area is 246 Å². The third kappa shape index (κ3) is 6.48. The van der Waals surface area contributed by atoms with Crippen LogP contribution >= 0.6 is 58.2 Å². The van der Waals surface area contributed by atoms with Crippen molar-refractivity contribution in [1.82, 2.24) is 5.32 Å². The van der Waals surface area contributed by atoms with Crippen LogP contribution < -0.4 is 15.6 Å². The minimum atomic E-state index is -1.51. The Morgan fingerprint density at radius 3 is 2.23 bits per heavy atom. The summed E-state index contributed by atoms with van der Waals surface area (Å²) in [6.07, 6.45) is -0.0353. The predicted octanol–water partition coefficient (Wildman–Crippen LogP) is 6.21. The maximum absolute atomic E-state index is 13.0. The van der Waals surface area contributed by atoms with Gasteiger partial charge in [0.05, 0.1) is 49.1 Å². The highest BCUT2D eigenvalue weighted by molar-refractivity contribution is 8.00. The van der Waals surface area contributed by atoms with Gasteiger partial charge in [-0.2, -0.15) is 10.1 Å². The smallest absolute Gasteiger partial charge is 0.338 e. The van der Waals surface area contributed by atoms with Crippen LogP contribution in [0.5, 0.6) is 0 Å². The largest absolute Gasteiger partial charge is 0.478 e. The molecule has 0 fully saturated rings. The number of thioether (sulfide) groups is 1. The van der Waals surface area contributed by atoms with Crippen molar-refractivity contribution in [2.24, 2.45) is 5.10 Å². The molecule has 0 bridgehead atoms. The van der Waals surface area contributed by atoms with Crippen molar-refractivity contribution in [2.45, 2.75) is 11.3 Å². The molecule has 9 nitrogen and oxygen atoms in total. The van der Waals surface area contributed by atoms with Gasteiger partial charge in [-0.15, -0.1) is 11.8 Å². The van der Waals surface area contributed by atoms with Crippen LogP contribution in [0.3, 0.4) is 0 Å². The molecule has 39 heavy (non-hydrogen) atoms. The lowest BCUT2D eigenvalue weighted by atomic mass is 10.1. The van der Waals surface area contributed by atoms with Crippen LogP contribution in [0, 0.1) is 0 Å². The number of carboxylic acid groups (broad SMARTS) is 1. The van der Waals surface area contributed by atoms with E-state index in [1.165, 1.54) is 16.8 Å². The molecular weight excluding hydrogens is 610 g/mol. The van der Waals surface area contributed by atoms with Gasteiger partial charge >= 0.3 is 5.97 Å². The molecule has 0 aliphatic carbocycles. The Bertz CT molecular complexity index is 1530. The number of hydrogen-bond donors (Lipinski definition) is 3. The van der Waals surface area contributed by atoms with E-state index in [9.17, 15) is 24.3 Å². The SMILES string of the molecule is O=C(CSc1cccc(NC(=O)c2c(Cl)c(Cl)c(Cl)c(Cl)c2C(=O)O)c1)NC1=NN(c2ccccc2)C(=O)C1. The fourth-order valence-electron chi connectivity index (χ4n) is 3.52. The van der Waals surface area contributed by atoms with Crippen LogP contribution in [0.25, 0.3) is 0 Å². The first-order chi connectivity index (χ1) is 18.6. The number of nitrogens with zero attached hydrogens (tertiary/aromatic N) is 2.